The lowest BCUT2D eigenvalue weighted by Gasteiger charge is -2.17. The summed E-state index contributed by atoms with van der Waals surface area (Å²) in [5, 5.41) is 5.50. The summed E-state index contributed by atoms with van der Waals surface area (Å²) in [6.45, 7) is 2.15. The van der Waals surface area contributed by atoms with Crippen molar-refractivity contribution in [3.05, 3.63) is 45.6 Å². The second-order valence-corrected chi connectivity index (χ2v) is 5.53. The van der Waals surface area contributed by atoms with E-state index in [2.05, 4.69) is 23.7 Å². The molecule has 0 spiro atoms. The summed E-state index contributed by atoms with van der Waals surface area (Å²) >= 11 is 1.79. The van der Waals surface area contributed by atoms with Gasteiger partial charge in [0.2, 0.25) is 0 Å². The first-order valence-corrected chi connectivity index (χ1v) is 7.17. The fraction of sp³-hybridized carbons (Fsp3) is 0.333. The Morgan fingerprint density at radius 2 is 2.16 bits per heavy atom. The summed E-state index contributed by atoms with van der Waals surface area (Å²) in [5.41, 5.74) is 9.35. The van der Waals surface area contributed by atoms with Gasteiger partial charge in [0.1, 0.15) is 5.75 Å². The standard InChI is InChI=1S/C15H20N2OS/c1-10-6-7-19-15(10)14(17-2)8-11-4-5-12(18-3)9-13(11)16/h4-7,9,14,17H,8,16H2,1-3H3. The van der Waals surface area contributed by atoms with Crippen molar-refractivity contribution in [1.29, 1.82) is 0 Å². The molecule has 1 unspecified atom stereocenters. The molecule has 0 saturated heterocycles. The minimum atomic E-state index is 0.302. The molecule has 2 rings (SSSR count). The van der Waals surface area contributed by atoms with Crippen LogP contribution in [-0.2, 0) is 6.42 Å². The lowest BCUT2D eigenvalue weighted by Crippen LogP contribution is -2.19. The molecule has 0 fully saturated rings. The Labute approximate surface area is 118 Å². The zero-order valence-corrected chi connectivity index (χ0v) is 12.4. The van der Waals surface area contributed by atoms with Crippen molar-refractivity contribution in [2.45, 2.75) is 19.4 Å². The summed E-state index contributed by atoms with van der Waals surface area (Å²) in [7, 11) is 3.64. The SMILES string of the molecule is CNC(Cc1ccc(OC)cc1N)c1sccc1C. The first-order chi connectivity index (χ1) is 9.15. The molecule has 0 aliphatic heterocycles. The Bertz CT molecular complexity index is 551. The van der Waals surface area contributed by atoms with Crippen LogP contribution in [0.25, 0.3) is 0 Å². The smallest absolute Gasteiger partial charge is 0.120 e. The second-order valence-electron chi connectivity index (χ2n) is 4.58. The number of nitrogens with two attached hydrogens (primary N) is 1. The van der Waals surface area contributed by atoms with Crippen LogP contribution in [0.15, 0.2) is 29.6 Å². The zero-order chi connectivity index (χ0) is 13.8. The van der Waals surface area contributed by atoms with Crippen LogP contribution < -0.4 is 15.8 Å². The van der Waals surface area contributed by atoms with E-state index in [4.69, 9.17) is 10.5 Å². The summed E-state index contributed by atoms with van der Waals surface area (Å²) in [5.74, 6) is 0.801. The number of hydrogen-bond donors (Lipinski definition) is 2. The number of methoxy groups -OCH3 is 1. The predicted molar refractivity (Wildman–Crippen MR) is 82.0 cm³/mol. The lowest BCUT2D eigenvalue weighted by atomic mass is 10.0. The molecule has 4 heteroatoms. The number of benzene rings is 1. The maximum atomic E-state index is 6.09. The third-order valence-corrected chi connectivity index (χ3v) is 4.48. The van der Waals surface area contributed by atoms with Crippen LogP contribution in [0.1, 0.15) is 22.0 Å². The van der Waals surface area contributed by atoms with Gasteiger partial charge in [-0.1, -0.05) is 6.07 Å². The van der Waals surface area contributed by atoms with Crippen molar-refractivity contribution in [2.24, 2.45) is 0 Å². The van der Waals surface area contributed by atoms with Crippen molar-refractivity contribution in [1.82, 2.24) is 5.32 Å². The van der Waals surface area contributed by atoms with Gasteiger partial charge in [-0.25, -0.2) is 0 Å². The molecule has 0 bridgehead atoms. The van der Waals surface area contributed by atoms with E-state index in [1.807, 2.05) is 25.2 Å². The number of nitrogens with one attached hydrogen (secondary N) is 1. The van der Waals surface area contributed by atoms with Gasteiger partial charge in [0.05, 0.1) is 7.11 Å². The number of hydrogen-bond acceptors (Lipinski definition) is 4. The average Bonchev–Trinajstić information content (AvgIpc) is 2.83. The Hall–Kier alpha value is -1.52. The third-order valence-electron chi connectivity index (χ3n) is 3.34. The van der Waals surface area contributed by atoms with Crippen LogP contribution in [0.5, 0.6) is 5.75 Å². The molecule has 1 heterocycles. The van der Waals surface area contributed by atoms with Crippen molar-refractivity contribution >= 4 is 17.0 Å². The minimum Gasteiger partial charge on any atom is -0.497 e. The molecule has 1 atom stereocenters. The van der Waals surface area contributed by atoms with E-state index in [9.17, 15) is 0 Å². The van der Waals surface area contributed by atoms with Crippen LogP contribution in [0.3, 0.4) is 0 Å². The molecule has 3 nitrogen and oxygen atoms in total. The molecule has 1 aromatic heterocycles. The maximum absolute atomic E-state index is 6.09. The molecule has 19 heavy (non-hydrogen) atoms. The minimum absolute atomic E-state index is 0.302. The highest BCUT2D eigenvalue weighted by Crippen LogP contribution is 2.29. The third kappa shape index (κ3) is 3.08. The van der Waals surface area contributed by atoms with Crippen LogP contribution in [0.2, 0.25) is 0 Å². The van der Waals surface area contributed by atoms with E-state index < -0.39 is 0 Å². The Morgan fingerprint density at radius 1 is 1.37 bits per heavy atom. The van der Waals surface area contributed by atoms with E-state index in [-0.39, 0.29) is 0 Å². The lowest BCUT2D eigenvalue weighted by molar-refractivity contribution is 0.415. The van der Waals surface area contributed by atoms with Crippen molar-refractivity contribution in [2.75, 3.05) is 19.9 Å². The first kappa shape index (κ1) is 13.9. The summed E-state index contributed by atoms with van der Waals surface area (Å²) < 4.78 is 5.18. The molecule has 0 aliphatic rings. The first-order valence-electron chi connectivity index (χ1n) is 6.29. The van der Waals surface area contributed by atoms with E-state index >= 15 is 0 Å². The van der Waals surface area contributed by atoms with Crippen molar-refractivity contribution < 1.29 is 4.74 Å². The molecule has 1 aromatic carbocycles. The largest absolute Gasteiger partial charge is 0.497 e. The van der Waals surface area contributed by atoms with Gasteiger partial charge >= 0.3 is 0 Å². The van der Waals surface area contributed by atoms with E-state index in [0.717, 1.165) is 23.4 Å². The highest BCUT2D eigenvalue weighted by molar-refractivity contribution is 7.10. The Morgan fingerprint density at radius 3 is 2.68 bits per heavy atom. The summed E-state index contributed by atoms with van der Waals surface area (Å²) in [4.78, 5) is 1.37. The highest BCUT2D eigenvalue weighted by atomic mass is 32.1. The fourth-order valence-electron chi connectivity index (χ4n) is 2.17. The molecular weight excluding hydrogens is 256 g/mol. The van der Waals surface area contributed by atoms with Gasteiger partial charge in [-0.15, -0.1) is 11.3 Å². The predicted octanol–water partition coefficient (Wildman–Crippen LogP) is 3.15. The molecule has 3 N–H and O–H groups in total. The number of nitrogen functional groups attached to an aromatic ring is 1. The number of aryl methyl sites for hydroxylation is 1. The molecular formula is C15H20N2OS. The summed E-state index contributed by atoms with van der Waals surface area (Å²) in [6.07, 6.45) is 0.883. The van der Waals surface area contributed by atoms with Crippen molar-refractivity contribution in [3.8, 4) is 5.75 Å². The van der Waals surface area contributed by atoms with Crippen LogP contribution in [-0.4, -0.2) is 14.2 Å². The van der Waals surface area contributed by atoms with Gasteiger partial charge in [0.15, 0.2) is 0 Å². The molecule has 0 amide bonds. The van der Waals surface area contributed by atoms with E-state index in [1.165, 1.54) is 10.4 Å². The molecule has 0 radical (unpaired) electrons. The highest BCUT2D eigenvalue weighted by Gasteiger charge is 2.15. The number of rotatable bonds is 5. The topological polar surface area (TPSA) is 47.3 Å². The second kappa shape index (κ2) is 6.08. The number of likely N-dealkylation sites (N-methyl/N-ethyl adjacent to an activating group) is 1. The molecule has 0 saturated carbocycles. The van der Waals surface area contributed by atoms with Gasteiger partial charge in [0.25, 0.3) is 0 Å². The van der Waals surface area contributed by atoms with E-state index in [0.29, 0.717) is 6.04 Å². The average molecular weight is 276 g/mol. The molecule has 102 valence electrons. The zero-order valence-electron chi connectivity index (χ0n) is 11.6. The van der Waals surface area contributed by atoms with Crippen LogP contribution >= 0.6 is 11.3 Å². The Kier molecular flexibility index (Phi) is 4.45. The van der Waals surface area contributed by atoms with Crippen LogP contribution in [0, 0.1) is 6.92 Å². The maximum Gasteiger partial charge on any atom is 0.120 e. The molecule has 0 aliphatic carbocycles. The van der Waals surface area contributed by atoms with Crippen molar-refractivity contribution in [3.63, 3.8) is 0 Å². The van der Waals surface area contributed by atoms with Gasteiger partial charge in [-0.2, -0.15) is 0 Å². The Balaban J connectivity index is 2.21. The fourth-order valence-corrected chi connectivity index (χ4v) is 3.21. The van der Waals surface area contributed by atoms with Gasteiger partial charge in [-0.3, -0.25) is 0 Å². The molecule has 2 aromatic rings. The van der Waals surface area contributed by atoms with Crippen LogP contribution in [0.4, 0.5) is 5.69 Å². The van der Waals surface area contributed by atoms with Gasteiger partial charge < -0.3 is 15.8 Å². The summed E-state index contributed by atoms with van der Waals surface area (Å²) in [6, 6.07) is 8.34. The monoisotopic (exact) mass is 276 g/mol. The number of anilines is 1. The quantitative estimate of drug-likeness (QED) is 0.825. The normalized spacial score (nSPS) is 12.4. The van der Waals surface area contributed by atoms with Gasteiger partial charge in [0, 0.05) is 22.7 Å². The number of ether oxygens (including phenoxy) is 1. The van der Waals surface area contributed by atoms with E-state index in [1.54, 1.807) is 18.4 Å². The number of thiophene rings is 1. The van der Waals surface area contributed by atoms with Gasteiger partial charge in [-0.05, 0) is 49.0 Å².